The Hall–Kier alpha value is -0.730. The summed E-state index contributed by atoms with van der Waals surface area (Å²) in [6.45, 7) is 8.88. The van der Waals surface area contributed by atoms with E-state index in [1.165, 1.54) is 5.56 Å². The van der Waals surface area contributed by atoms with Crippen LogP contribution in [-0.2, 0) is 6.42 Å². The molecule has 0 spiro atoms. The van der Waals surface area contributed by atoms with Crippen molar-refractivity contribution in [2.24, 2.45) is 5.73 Å². The molecule has 0 heterocycles. The van der Waals surface area contributed by atoms with Gasteiger partial charge in [0.25, 0.3) is 0 Å². The van der Waals surface area contributed by atoms with E-state index < -0.39 is 0 Å². The third-order valence-corrected chi connectivity index (χ3v) is 2.92. The lowest BCUT2D eigenvalue weighted by Gasteiger charge is -2.17. The Morgan fingerprint density at radius 2 is 1.94 bits per heavy atom. The molecule has 1 atom stereocenters. The van der Waals surface area contributed by atoms with E-state index in [-0.39, 0.29) is 6.04 Å². The van der Waals surface area contributed by atoms with Crippen LogP contribution >= 0.6 is 11.6 Å². The zero-order chi connectivity index (χ0) is 13.0. The minimum absolute atomic E-state index is 0.104. The van der Waals surface area contributed by atoms with Gasteiger partial charge in [-0.15, -0.1) is 0 Å². The van der Waals surface area contributed by atoms with E-state index in [0.29, 0.717) is 17.5 Å². The van der Waals surface area contributed by atoms with Gasteiger partial charge in [-0.2, -0.15) is 0 Å². The molecule has 0 aromatic heterocycles. The van der Waals surface area contributed by atoms with Gasteiger partial charge in [-0.1, -0.05) is 31.5 Å². The Kier molecular flexibility index (Phi) is 5.29. The van der Waals surface area contributed by atoms with Crippen LogP contribution in [0.4, 0.5) is 0 Å². The van der Waals surface area contributed by atoms with E-state index in [0.717, 1.165) is 17.7 Å². The molecule has 0 saturated carbocycles. The SMILES string of the molecule is CCOc1c(Cl)cc(C(C)C)cc1CC(C)N. The van der Waals surface area contributed by atoms with Crippen LogP contribution in [0.1, 0.15) is 44.7 Å². The molecule has 0 saturated heterocycles. The van der Waals surface area contributed by atoms with E-state index in [9.17, 15) is 0 Å². The Morgan fingerprint density at radius 3 is 2.41 bits per heavy atom. The number of benzene rings is 1. The van der Waals surface area contributed by atoms with Gasteiger partial charge in [0.15, 0.2) is 0 Å². The first-order valence-corrected chi connectivity index (χ1v) is 6.54. The maximum Gasteiger partial charge on any atom is 0.141 e. The molecule has 2 N–H and O–H groups in total. The number of ether oxygens (including phenoxy) is 1. The number of halogens is 1. The monoisotopic (exact) mass is 255 g/mol. The van der Waals surface area contributed by atoms with Crippen LogP contribution < -0.4 is 10.5 Å². The summed E-state index contributed by atoms with van der Waals surface area (Å²) in [7, 11) is 0. The fraction of sp³-hybridized carbons (Fsp3) is 0.571. The van der Waals surface area contributed by atoms with E-state index >= 15 is 0 Å². The van der Waals surface area contributed by atoms with E-state index in [1.54, 1.807) is 0 Å². The normalized spacial score (nSPS) is 12.9. The molecule has 0 radical (unpaired) electrons. The summed E-state index contributed by atoms with van der Waals surface area (Å²) in [4.78, 5) is 0. The Balaban J connectivity index is 3.18. The van der Waals surface area contributed by atoms with Gasteiger partial charge >= 0.3 is 0 Å². The predicted molar refractivity (Wildman–Crippen MR) is 74.1 cm³/mol. The van der Waals surface area contributed by atoms with Crippen LogP contribution in [-0.4, -0.2) is 12.6 Å². The van der Waals surface area contributed by atoms with Gasteiger partial charge in [-0.3, -0.25) is 0 Å². The minimum atomic E-state index is 0.104. The molecule has 0 aliphatic carbocycles. The highest BCUT2D eigenvalue weighted by atomic mass is 35.5. The summed E-state index contributed by atoms with van der Waals surface area (Å²) in [6, 6.07) is 4.25. The molecule has 17 heavy (non-hydrogen) atoms. The van der Waals surface area contributed by atoms with Crippen molar-refractivity contribution in [3.05, 3.63) is 28.3 Å². The van der Waals surface area contributed by atoms with Crippen LogP contribution in [0.25, 0.3) is 0 Å². The molecule has 0 bridgehead atoms. The van der Waals surface area contributed by atoms with Crippen LogP contribution in [0.5, 0.6) is 5.75 Å². The van der Waals surface area contributed by atoms with Crippen LogP contribution in [0, 0.1) is 0 Å². The second-order valence-electron chi connectivity index (χ2n) is 4.76. The van der Waals surface area contributed by atoms with Crippen molar-refractivity contribution >= 4 is 11.6 Å². The van der Waals surface area contributed by atoms with E-state index in [4.69, 9.17) is 22.1 Å². The Bertz CT molecular complexity index is 375. The van der Waals surface area contributed by atoms with Crippen molar-refractivity contribution in [3.8, 4) is 5.75 Å². The number of rotatable bonds is 5. The first-order valence-electron chi connectivity index (χ1n) is 6.16. The lowest BCUT2D eigenvalue weighted by Crippen LogP contribution is -2.18. The molecule has 1 unspecified atom stereocenters. The summed E-state index contributed by atoms with van der Waals surface area (Å²) in [5.41, 5.74) is 8.21. The predicted octanol–water partition coefficient (Wildman–Crippen LogP) is 3.75. The van der Waals surface area contributed by atoms with Gasteiger partial charge < -0.3 is 10.5 Å². The highest BCUT2D eigenvalue weighted by molar-refractivity contribution is 6.32. The maximum absolute atomic E-state index is 6.28. The number of nitrogens with two attached hydrogens (primary N) is 1. The van der Waals surface area contributed by atoms with Gasteiger partial charge in [-0.05, 0) is 43.4 Å². The van der Waals surface area contributed by atoms with Crippen molar-refractivity contribution in [1.29, 1.82) is 0 Å². The average Bonchev–Trinajstić information content (AvgIpc) is 2.21. The quantitative estimate of drug-likeness (QED) is 0.870. The second kappa shape index (κ2) is 6.27. The fourth-order valence-corrected chi connectivity index (χ4v) is 2.11. The molecule has 1 aromatic carbocycles. The topological polar surface area (TPSA) is 35.2 Å². The molecule has 96 valence electrons. The first-order chi connectivity index (χ1) is 7.95. The van der Waals surface area contributed by atoms with Gasteiger partial charge in [0.05, 0.1) is 11.6 Å². The van der Waals surface area contributed by atoms with Crippen molar-refractivity contribution in [2.45, 2.75) is 46.1 Å². The lowest BCUT2D eigenvalue weighted by molar-refractivity contribution is 0.336. The van der Waals surface area contributed by atoms with Crippen LogP contribution in [0.2, 0.25) is 5.02 Å². The minimum Gasteiger partial charge on any atom is -0.492 e. The third kappa shape index (κ3) is 3.90. The Labute approximate surface area is 109 Å². The zero-order valence-electron chi connectivity index (χ0n) is 11.1. The van der Waals surface area contributed by atoms with Crippen molar-refractivity contribution < 1.29 is 4.74 Å². The van der Waals surface area contributed by atoms with Gasteiger partial charge in [0.2, 0.25) is 0 Å². The number of hydrogen-bond acceptors (Lipinski definition) is 2. The largest absolute Gasteiger partial charge is 0.492 e. The third-order valence-electron chi connectivity index (χ3n) is 2.64. The van der Waals surface area contributed by atoms with Gasteiger partial charge in [0.1, 0.15) is 5.75 Å². The zero-order valence-corrected chi connectivity index (χ0v) is 11.8. The average molecular weight is 256 g/mol. The molecule has 1 rings (SSSR count). The highest BCUT2D eigenvalue weighted by Gasteiger charge is 2.13. The molecular formula is C14H22ClNO. The molecule has 0 fully saturated rings. The fourth-order valence-electron chi connectivity index (χ4n) is 1.81. The molecule has 1 aromatic rings. The summed E-state index contributed by atoms with van der Waals surface area (Å²) in [6.07, 6.45) is 0.787. The summed E-state index contributed by atoms with van der Waals surface area (Å²) in [5.74, 6) is 1.24. The van der Waals surface area contributed by atoms with Crippen molar-refractivity contribution in [2.75, 3.05) is 6.61 Å². The smallest absolute Gasteiger partial charge is 0.141 e. The second-order valence-corrected chi connectivity index (χ2v) is 5.17. The van der Waals surface area contributed by atoms with Gasteiger partial charge in [-0.25, -0.2) is 0 Å². The molecule has 0 aliphatic rings. The Morgan fingerprint density at radius 1 is 1.29 bits per heavy atom. The lowest BCUT2D eigenvalue weighted by atomic mass is 9.97. The van der Waals surface area contributed by atoms with Gasteiger partial charge in [0, 0.05) is 6.04 Å². The van der Waals surface area contributed by atoms with Crippen LogP contribution in [0.3, 0.4) is 0 Å². The molecular weight excluding hydrogens is 234 g/mol. The molecule has 2 nitrogen and oxygen atoms in total. The van der Waals surface area contributed by atoms with Crippen LogP contribution in [0.15, 0.2) is 12.1 Å². The summed E-state index contributed by atoms with van der Waals surface area (Å²) >= 11 is 6.28. The molecule has 0 aliphatic heterocycles. The summed E-state index contributed by atoms with van der Waals surface area (Å²) < 4.78 is 5.62. The highest BCUT2D eigenvalue weighted by Crippen LogP contribution is 2.33. The van der Waals surface area contributed by atoms with E-state index in [2.05, 4.69) is 19.9 Å². The van der Waals surface area contributed by atoms with Crippen molar-refractivity contribution in [3.63, 3.8) is 0 Å². The molecule has 0 amide bonds. The molecule has 3 heteroatoms. The number of hydrogen-bond donors (Lipinski definition) is 1. The summed E-state index contributed by atoms with van der Waals surface area (Å²) in [5, 5.41) is 0.689. The van der Waals surface area contributed by atoms with E-state index in [1.807, 2.05) is 19.9 Å². The maximum atomic E-state index is 6.28. The standard InChI is InChI=1S/C14H22ClNO/c1-5-17-14-12(6-10(4)16)7-11(9(2)3)8-13(14)15/h7-10H,5-6,16H2,1-4H3. The first kappa shape index (κ1) is 14.3. The van der Waals surface area contributed by atoms with Crippen molar-refractivity contribution in [1.82, 2.24) is 0 Å².